The second-order valence-corrected chi connectivity index (χ2v) is 7.07. The van der Waals surface area contributed by atoms with E-state index in [1.807, 2.05) is 68.4 Å². The van der Waals surface area contributed by atoms with Crippen LogP contribution in [-0.2, 0) is 11.2 Å². The summed E-state index contributed by atoms with van der Waals surface area (Å²) in [6.45, 7) is 4.69. The van der Waals surface area contributed by atoms with Crippen LogP contribution in [0.2, 0.25) is 5.02 Å². The molecule has 0 unspecified atom stereocenters. The van der Waals surface area contributed by atoms with Crippen molar-refractivity contribution in [2.24, 2.45) is 0 Å². The van der Waals surface area contributed by atoms with Crippen LogP contribution in [-0.4, -0.2) is 22.4 Å². The van der Waals surface area contributed by atoms with Crippen molar-refractivity contribution in [3.8, 4) is 0 Å². The van der Waals surface area contributed by atoms with E-state index in [1.165, 1.54) is 0 Å². The van der Waals surface area contributed by atoms with E-state index in [2.05, 4.69) is 25.9 Å². The van der Waals surface area contributed by atoms with Gasteiger partial charge in [-0.1, -0.05) is 23.7 Å². The molecule has 2 aromatic carbocycles. The number of nitrogens with one attached hydrogen (secondary N) is 3. The highest BCUT2D eigenvalue weighted by Crippen LogP contribution is 2.19. The third-order valence-corrected chi connectivity index (χ3v) is 4.40. The van der Waals surface area contributed by atoms with Gasteiger partial charge in [-0.25, -0.2) is 4.98 Å². The van der Waals surface area contributed by atoms with Gasteiger partial charge in [0, 0.05) is 41.1 Å². The lowest BCUT2D eigenvalue weighted by molar-refractivity contribution is -0.116. The van der Waals surface area contributed by atoms with Crippen LogP contribution < -0.4 is 16.0 Å². The van der Waals surface area contributed by atoms with Crippen LogP contribution in [0.5, 0.6) is 0 Å². The standard InChI is InChI=1S/C22H24ClN5O/c1-3-24-22-25-15(2)13-20(28-22)26-18-8-10-19(11-9-18)27-21(29)12-7-16-5-4-6-17(23)14-16/h4-6,8-11,13-14H,3,7,12H2,1-2H3,(H,27,29)(H2,24,25,26,28). The first kappa shape index (κ1) is 20.6. The summed E-state index contributed by atoms with van der Waals surface area (Å²) in [5, 5.41) is 9.98. The number of carbonyl (C=O) groups excluding carboxylic acids is 1. The van der Waals surface area contributed by atoms with Gasteiger partial charge in [-0.3, -0.25) is 4.79 Å². The Morgan fingerprint density at radius 3 is 2.52 bits per heavy atom. The highest BCUT2D eigenvalue weighted by Gasteiger charge is 2.05. The largest absolute Gasteiger partial charge is 0.354 e. The normalized spacial score (nSPS) is 10.4. The van der Waals surface area contributed by atoms with Gasteiger partial charge in [0.25, 0.3) is 0 Å². The molecular formula is C22H24ClN5O. The zero-order valence-electron chi connectivity index (χ0n) is 16.5. The number of anilines is 4. The lowest BCUT2D eigenvalue weighted by atomic mass is 10.1. The molecule has 3 aromatic rings. The Morgan fingerprint density at radius 2 is 1.79 bits per heavy atom. The number of aryl methyl sites for hydroxylation is 2. The number of amides is 1. The van der Waals surface area contributed by atoms with Crippen LogP contribution in [0, 0.1) is 6.92 Å². The molecule has 6 nitrogen and oxygen atoms in total. The smallest absolute Gasteiger partial charge is 0.224 e. The van der Waals surface area contributed by atoms with Gasteiger partial charge in [-0.15, -0.1) is 0 Å². The van der Waals surface area contributed by atoms with Crippen molar-refractivity contribution in [3.05, 3.63) is 70.9 Å². The Labute approximate surface area is 175 Å². The second-order valence-electron chi connectivity index (χ2n) is 6.63. The molecule has 3 rings (SSSR count). The van der Waals surface area contributed by atoms with Crippen molar-refractivity contribution in [3.63, 3.8) is 0 Å². The van der Waals surface area contributed by atoms with Gasteiger partial charge < -0.3 is 16.0 Å². The molecule has 1 aromatic heterocycles. The predicted molar refractivity (Wildman–Crippen MR) is 119 cm³/mol. The minimum absolute atomic E-state index is 0.0348. The summed E-state index contributed by atoms with van der Waals surface area (Å²) in [7, 11) is 0. The van der Waals surface area contributed by atoms with Crippen molar-refractivity contribution in [2.45, 2.75) is 26.7 Å². The molecule has 3 N–H and O–H groups in total. The Kier molecular flexibility index (Phi) is 7.03. The first-order valence-corrected chi connectivity index (χ1v) is 9.90. The van der Waals surface area contributed by atoms with Gasteiger partial charge in [0.2, 0.25) is 11.9 Å². The zero-order chi connectivity index (χ0) is 20.6. The van der Waals surface area contributed by atoms with E-state index in [9.17, 15) is 4.79 Å². The summed E-state index contributed by atoms with van der Waals surface area (Å²) in [5.41, 5.74) is 3.55. The topological polar surface area (TPSA) is 78.9 Å². The summed E-state index contributed by atoms with van der Waals surface area (Å²) in [6.07, 6.45) is 1.04. The average molecular weight is 410 g/mol. The maximum absolute atomic E-state index is 12.2. The Balaban J connectivity index is 1.55. The molecule has 0 saturated carbocycles. The molecule has 0 saturated heterocycles. The summed E-state index contributed by atoms with van der Waals surface area (Å²) < 4.78 is 0. The molecule has 0 aliphatic rings. The van der Waals surface area contributed by atoms with E-state index < -0.39 is 0 Å². The maximum Gasteiger partial charge on any atom is 0.224 e. The monoisotopic (exact) mass is 409 g/mol. The summed E-state index contributed by atoms with van der Waals surface area (Å²) in [6, 6.07) is 17.0. The Hall–Kier alpha value is -3.12. The van der Waals surface area contributed by atoms with Gasteiger partial charge in [0.15, 0.2) is 0 Å². The summed E-state index contributed by atoms with van der Waals surface area (Å²) >= 11 is 5.98. The third-order valence-electron chi connectivity index (χ3n) is 4.16. The Morgan fingerprint density at radius 1 is 1.03 bits per heavy atom. The number of nitrogens with zero attached hydrogens (tertiary/aromatic N) is 2. The number of carbonyl (C=O) groups is 1. The van der Waals surface area contributed by atoms with Crippen molar-refractivity contribution >= 4 is 40.6 Å². The van der Waals surface area contributed by atoms with Gasteiger partial charge in [0.1, 0.15) is 5.82 Å². The molecule has 150 valence electrons. The molecule has 0 aliphatic heterocycles. The first-order chi connectivity index (χ1) is 14.0. The molecule has 0 fully saturated rings. The molecule has 0 radical (unpaired) electrons. The fourth-order valence-electron chi connectivity index (χ4n) is 2.83. The third kappa shape index (κ3) is 6.47. The van der Waals surface area contributed by atoms with Crippen molar-refractivity contribution < 1.29 is 4.79 Å². The van der Waals surface area contributed by atoms with Crippen LogP contribution in [0.25, 0.3) is 0 Å². The average Bonchev–Trinajstić information content (AvgIpc) is 2.68. The minimum atomic E-state index is -0.0348. The molecule has 0 spiro atoms. The molecule has 0 bridgehead atoms. The van der Waals surface area contributed by atoms with Gasteiger partial charge in [-0.2, -0.15) is 4.98 Å². The predicted octanol–water partition coefficient (Wildman–Crippen LogP) is 5.19. The van der Waals surface area contributed by atoms with Crippen LogP contribution in [0.15, 0.2) is 54.6 Å². The highest BCUT2D eigenvalue weighted by molar-refractivity contribution is 6.30. The van der Waals surface area contributed by atoms with Crippen molar-refractivity contribution in [1.29, 1.82) is 0 Å². The summed E-state index contributed by atoms with van der Waals surface area (Å²) in [5.74, 6) is 1.28. The van der Waals surface area contributed by atoms with E-state index in [0.717, 1.165) is 29.2 Å². The first-order valence-electron chi connectivity index (χ1n) is 9.53. The van der Waals surface area contributed by atoms with Crippen LogP contribution >= 0.6 is 11.6 Å². The van der Waals surface area contributed by atoms with Gasteiger partial charge in [-0.05, 0) is 62.2 Å². The lowest BCUT2D eigenvalue weighted by Gasteiger charge is -2.10. The molecular weight excluding hydrogens is 386 g/mol. The van der Waals surface area contributed by atoms with E-state index in [1.54, 1.807) is 0 Å². The highest BCUT2D eigenvalue weighted by atomic mass is 35.5. The molecule has 7 heteroatoms. The SMILES string of the molecule is CCNc1nc(C)cc(Nc2ccc(NC(=O)CCc3cccc(Cl)c3)cc2)n1. The molecule has 1 heterocycles. The van der Waals surface area contributed by atoms with Gasteiger partial charge >= 0.3 is 0 Å². The number of benzene rings is 2. The van der Waals surface area contributed by atoms with E-state index >= 15 is 0 Å². The molecule has 0 atom stereocenters. The minimum Gasteiger partial charge on any atom is -0.354 e. The van der Waals surface area contributed by atoms with E-state index in [4.69, 9.17) is 11.6 Å². The van der Waals surface area contributed by atoms with Crippen LogP contribution in [0.1, 0.15) is 24.6 Å². The fourth-order valence-corrected chi connectivity index (χ4v) is 3.04. The fraction of sp³-hybridized carbons (Fsp3) is 0.227. The molecule has 0 aliphatic carbocycles. The number of aromatic nitrogens is 2. The van der Waals surface area contributed by atoms with Crippen molar-refractivity contribution in [1.82, 2.24) is 9.97 Å². The van der Waals surface area contributed by atoms with Crippen molar-refractivity contribution in [2.75, 3.05) is 22.5 Å². The number of rotatable bonds is 8. The quantitative estimate of drug-likeness (QED) is 0.477. The van der Waals surface area contributed by atoms with Gasteiger partial charge in [0.05, 0.1) is 0 Å². The zero-order valence-corrected chi connectivity index (χ0v) is 17.3. The second kappa shape index (κ2) is 9.89. The number of hydrogen-bond donors (Lipinski definition) is 3. The van der Waals surface area contributed by atoms with Crippen LogP contribution in [0.4, 0.5) is 23.1 Å². The Bertz CT molecular complexity index is 975. The van der Waals surface area contributed by atoms with E-state index in [0.29, 0.717) is 29.6 Å². The number of hydrogen-bond acceptors (Lipinski definition) is 5. The van der Waals surface area contributed by atoms with Crippen LogP contribution in [0.3, 0.4) is 0 Å². The lowest BCUT2D eigenvalue weighted by Crippen LogP contribution is -2.12. The van der Waals surface area contributed by atoms with E-state index in [-0.39, 0.29) is 5.91 Å². The molecule has 29 heavy (non-hydrogen) atoms. The molecule has 1 amide bonds. The maximum atomic E-state index is 12.2. The summed E-state index contributed by atoms with van der Waals surface area (Å²) in [4.78, 5) is 21.0. The number of halogens is 1.